The summed E-state index contributed by atoms with van der Waals surface area (Å²) in [7, 11) is 0. The number of benzene rings is 3. The highest BCUT2D eigenvalue weighted by Gasteiger charge is 2.14. The molecular weight excluding hydrogens is 373 g/mol. The lowest BCUT2D eigenvalue weighted by molar-refractivity contribution is -0.118. The Hall–Kier alpha value is -4.18. The van der Waals surface area contributed by atoms with Gasteiger partial charge in [0, 0.05) is 5.69 Å². The Morgan fingerprint density at radius 1 is 0.931 bits per heavy atom. The van der Waals surface area contributed by atoms with Crippen LogP contribution >= 0.6 is 0 Å². The highest BCUT2D eigenvalue weighted by atomic mass is 19.1. The zero-order chi connectivity index (χ0) is 20.6. The van der Waals surface area contributed by atoms with E-state index in [2.05, 4.69) is 10.6 Å². The fourth-order valence-electron chi connectivity index (χ4n) is 2.48. The van der Waals surface area contributed by atoms with Gasteiger partial charge >= 0.3 is 0 Å². The number of nitriles is 1. The number of para-hydroxylation sites is 1. The van der Waals surface area contributed by atoms with Crippen molar-refractivity contribution in [3.05, 3.63) is 89.7 Å². The van der Waals surface area contributed by atoms with E-state index in [0.29, 0.717) is 22.7 Å². The maximum Gasteiger partial charge on any atom is 0.262 e. The average Bonchev–Trinajstić information content (AvgIpc) is 2.74. The van der Waals surface area contributed by atoms with Crippen molar-refractivity contribution >= 4 is 23.2 Å². The minimum Gasteiger partial charge on any atom is -0.484 e. The lowest BCUT2D eigenvalue weighted by atomic mass is 10.1. The first-order valence-corrected chi connectivity index (χ1v) is 8.64. The smallest absolute Gasteiger partial charge is 0.262 e. The first kappa shape index (κ1) is 19.6. The van der Waals surface area contributed by atoms with Crippen molar-refractivity contribution in [2.24, 2.45) is 0 Å². The molecule has 3 aromatic carbocycles. The second-order valence-corrected chi connectivity index (χ2v) is 5.98. The molecule has 0 atom stereocenters. The monoisotopic (exact) mass is 389 g/mol. The molecule has 29 heavy (non-hydrogen) atoms. The van der Waals surface area contributed by atoms with E-state index in [0.717, 1.165) is 0 Å². The van der Waals surface area contributed by atoms with Gasteiger partial charge in [0.05, 0.1) is 22.9 Å². The summed E-state index contributed by atoms with van der Waals surface area (Å²) in [5, 5.41) is 14.1. The van der Waals surface area contributed by atoms with Crippen LogP contribution in [0, 0.1) is 17.1 Å². The van der Waals surface area contributed by atoms with Crippen LogP contribution in [0.1, 0.15) is 15.9 Å². The van der Waals surface area contributed by atoms with Crippen LogP contribution in [0.15, 0.2) is 72.8 Å². The second kappa shape index (κ2) is 9.15. The topological polar surface area (TPSA) is 91.2 Å². The van der Waals surface area contributed by atoms with E-state index in [1.807, 2.05) is 6.07 Å². The molecule has 2 N–H and O–H groups in total. The van der Waals surface area contributed by atoms with E-state index < -0.39 is 17.6 Å². The standard InChI is InChI=1S/C22H16FN3O3/c23-16-7-9-17(10-8-16)25-22(28)19-3-1-2-4-20(19)26-21(27)14-29-18-11-5-15(13-24)6-12-18/h1-12H,14H2,(H,25,28)(H,26,27). The molecule has 6 nitrogen and oxygen atoms in total. The molecule has 0 saturated carbocycles. The van der Waals surface area contributed by atoms with Crippen LogP contribution in [0.5, 0.6) is 5.75 Å². The first-order chi connectivity index (χ1) is 14.0. The van der Waals surface area contributed by atoms with Crippen LogP contribution in [0.25, 0.3) is 0 Å². The maximum absolute atomic E-state index is 13.0. The third-order valence-electron chi connectivity index (χ3n) is 3.90. The van der Waals surface area contributed by atoms with Crippen LogP contribution < -0.4 is 15.4 Å². The van der Waals surface area contributed by atoms with Crippen molar-refractivity contribution in [2.45, 2.75) is 0 Å². The van der Waals surface area contributed by atoms with Crippen LogP contribution in [-0.4, -0.2) is 18.4 Å². The molecule has 0 radical (unpaired) electrons. The van der Waals surface area contributed by atoms with Crippen molar-refractivity contribution in [3.8, 4) is 11.8 Å². The van der Waals surface area contributed by atoms with E-state index in [-0.39, 0.29) is 12.2 Å². The Morgan fingerprint density at radius 3 is 2.31 bits per heavy atom. The molecule has 7 heteroatoms. The van der Waals surface area contributed by atoms with E-state index in [9.17, 15) is 14.0 Å². The van der Waals surface area contributed by atoms with Gasteiger partial charge in [-0.2, -0.15) is 5.26 Å². The summed E-state index contributed by atoms with van der Waals surface area (Å²) in [6, 6.07) is 20.2. The summed E-state index contributed by atoms with van der Waals surface area (Å²) in [6.07, 6.45) is 0. The number of hydrogen-bond acceptors (Lipinski definition) is 4. The van der Waals surface area contributed by atoms with Gasteiger partial charge in [0.1, 0.15) is 11.6 Å². The van der Waals surface area contributed by atoms with Gasteiger partial charge in [0.25, 0.3) is 11.8 Å². The molecule has 144 valence electrons. The largest absolute Gasteiger partial charge is 0.484 e. The summed E-state index contributed by atoms with van der Waals surface area (Å²) in [5.74, 6) is -0.851. The number of hydrogen-bond donors (Lipinski definition) is 2. The molecule has 0 saturated heterocycles. The zero-order valence-corrected chi connectivity index (χ0v) is 15.2. The van der Waals surface area contributed by atoms with Gasteiger partial charge in [-0.15, -0.1) is 0 Å². The van der Waals surface area contributed by atoms with Crippen molar-refractivity contribution in [1.29, 1.82) is 5.26 Å². The Morgan fingerprint density at radius 2 is 1.62 bits per heavy atom. The number of nitrogens with zero attached hydrogens (tertiary/aromatic N) is 1. The zero-order valence-electron chi connectivity index (χ0n) is 15.2. The molecule has 0 aliphatic heterocycles. The predicted octanol–water partition coefficient (Wildman–Crippen LogP) is 3.97. The van der Waals surface area contributed by atoms with Crippen molar-refractivity contribution in [1.82, 2.24) is 0 Å². The predicted molar refractivity (Wildman–Crippen MR) is 106 cm³/mol. The summed E-state index contributed by atoms with van der Waals surface area (Å²) >= 11 is 0. The van der Waals surface area contributed by atoms with Crippen molar-refractivity contribution in [2.75, 3.05) is 17.2 Å². The van der Waals surface area contributed by atoms with Crippen molar-refractivity contribution < 1.29 is 18.7 Å². The molecule has 3 rings (SSSR count). The maximum atomic E-state index is 13.0. The second-order valence-electron chi connectivity index (χ2n) is 5.98. The first-order valence-electron chi connectivity index (χ1n) is 8.64. The van der Waals surface area contributed by atoms with Gasteiger partial charge in [-0.3, -0.25) is 9.59 Å². The fraction of sp³-hybridized carbons (Fsp3) is 0.0455. The van der Waals surface area contributed by atoms with Gasteiger partial charge in [0.15, 0.2) is 6.61 Å². The van der Waals surface area contributed by atoms with E-state index in [1.54, 1.807) is 48.5 Å². The molecule has 0 bridgehead atoms. The van der Waals surface area contributed by atoms with Crippen LogP contribution in [0.2, 0.25) is 0 Å². The summed E-state index contributed by atoms with van der Waals surface area (Å²) < 4.78 is 18.4. The average molecular weight is 389 g/mol. The minimum absolute atomic E-state index is 0.253. The number of anilines is 2. The fourth-order valence-corrected chi connectivity index (χ4v) is 2.48. The van der Waals surface area contributed by atoms with E-state index >= 15 is 0 Å². The molecule has 0 spiro atoms. The van der Waals surface area contributed by atoms with Gasteiger partial charge in [-0.1, -0.05) is 12.1 Å². The Bertz CT molecular complexity index is 1060. The molecule has 0 aliphatic rings. The molecule has 0 fully saturated rings. The van der Waals surface area contributed by atoms with Gasteiger partial charge < -0.3 is 15.4 Å². The lowest BCUT2D eigenvalue weighted by Gasteiger charge is -2.12. The molecule has 0 heterocycles. The number of rotatable bonds is 6. The quantitative estimate of drug-likeness (QED) is 0.667. The highest BCUT2D eigenvalue weighted by molar-refractivity contribution is 6.10. The van der Waals surface area contributed by atoms with Crippen LogP contribution in [-0.2, 0) is 4.79 Å². The van der Waals surface area contributed by atoms with Crippen LogP contribution in [0.4, 0.5) is 15.8 Å². The van der Waals surface area contributed by atoms with Crippen molar-refractivity contribution in [3.63, 3.8) is 0 Å². The number of carbonyl (C=O) groups excluding carboxylic acids is 2. The van der Waals surface area contributed by atoms with E-state index in [1.165, 1.54) is 24.3 Å². The number of halogens is 1. The number of amides is 2. The van der Waals surface area contributed by atoms with Gasteiger partial charge in [0.2, 0.25) is 0 Å². The molecular formula is C22H16FN3O3. The minimum atomic E-state index is -0.448. The van der Waals surface area contributed by atoms with E-state index in [4.69, 9.17) is 10.00 Å². The Balaban J connectivity index is 1.63. The highest BCUT2D eigenvalue weighted by Crippen LogP contribution is 2.18. The normalized spacial score (nSPS) is 9.93. The van der Waals surface area contributed by atoms with Gasteiger partial charge in [-0.25, -0.2) is 4.39 Å². The third-order valence-corrected chi connectivity index (χ3v) is 3.90. The number of carbonyl (C=O) groups is 2. The molecule has 3 aromatic rings. The van der Waals surface area contributed by atoms with Crippen LogP contribution in [0.3, 0.4) is 0 Å². The molecule has 2 amide bonds. The summed E-state index contributed by atoms with van der Waals surface area (Å²) in [5.41, 5.74) is 1.49. The number of ether oxygens (including phenoxy) is 1. The number of nitrogens with one attached hydrogen (secondary N) is 2. The molecule has 0 aromatic heterocycles. The lowest BCUT2D eigenvalue weighted by Crippen LogP contribution is -2.22. The molecule has 0 unspecified atom stereocenters. The Kier molecular flexibility index (Phi) is 6.18. The third kappa shape index (κ3) is 5.40. The summed E-state index contributed by atoms with van der Waals surface area (Å²) in [6.45, 7) is -0.264. The SMILES string of the molecule is N#Cc1ccc(OCC(=O)Nc2ccccc2C(=O)Nc2ccc(F)cc2)cc1. The summed E-state index contributed by atoms with van der Waals surface area (Å²) in [4.78, 5) is 24.7. The Labute approximate surface area is 166 Å². The van der Waals surface area contributed by atoms with Gasteiger partial charge in [-0.05, 0) is 60.7 Å². The molecule has 0 aliphatic carbocycles.